The molecule has 5 heteroatoms. The smallest absolute Gasteiger partial charge is 0.234 e. The minimum absolute atomic E-state index is 0.231. The van der Waals surface area contributed by atoms with Crippen LogP contribution in [0.5, 0.6) is 0 Å². The lowest BCUT2D eigenvalue weighted by Gasteiger charge is -2.35. The van der Waals surface area contributed by atoms with Crippen molar-refractivity contribution in [1.82, 2.24) is 10.2 Å². The molecule has 0 aromatic rings. The van der Waals surface area contributed by atoms with Crippen molar-refractivity contribution in [3.63, 3.8) is 0 Å². The van der Waals surface area contributed by atoms with Gasteiger partial charge in [0.1, 0.15) is 0 Å². The summed E-state index contributed by atoms with van der Waals surface area (Å²) in [7, 11) is 0. The van der Waals surface area contributed by atoms with Crippen LogP contribution < -0.4 is 11.1 Å². The molecule has 1 rings (SSSR count). The van der Waals surface area contributed by atoms with Crippen LogP contribution in [-0.4, -0.2) is 55.2 Å². The summed E-state index contributed by atoms with van der Waals surface area (Å²) >= 11 is 0. The molecule has 0 saturated carbocycles. The SMILES string of the molecule is CCC1COCCN1CCC(NC(C)C)C(N)=O. The Morgan fingerprint density at radius 1 is 1.56 bits per heavy atom. The first kappa shape index (κ1) is 15.4. The quantitative estimate of drug-likeness (QED) is 0.690. The zero-order valence-corrected chi connectivity index (χ0v) is 11.8. The number of hydrogen-bond donors (Lipinski definition) is 2. The first-order chi connectivity index (χ1) is 8.54. The minimum Gasteiger partial charge on any atom is -0.378 e. The van der Waals surface area contributed by atoms with E-state index in [0.29, 0.717) is 6.04 Å². The van der Waals surface area contributed by atoms with Crippen molar-refractivity contribution < 1.29 is 9.53 Å². The zero-order valence-electron chi connectivity index (χ0n) is 11.8. The highest BCUT2D eigenvalue weighted by Crippen LogP contribution is 2.11. The second-order valence-corrected chi connectivity index (χ2v) is 5.24. The summed E-state index contributed by atoms with van der Waals surface area (Å²) in [4.78, 5) is 13.8. The van der Waals surface area contributed by atoms with Crippen molar-refractivity contribution in [2.24, 2.45) is 5.73 Å². The van der Waals surface area contributed by atoms with E-state index in [1.54, 1.807) is 0 Å². The Balaban J connectivity index is 2.42. The Bertz CT molecular complexity index is 259. The van der Waals surface area contributed by atoms with Gasteiger partial charge in [0, 0.05) is 25.2 Å². The molecule has 0 spiro atoms. The molecule has 3 N–H and O–H groups in total. The number of carbonyl (C=O) groups excluding carboxylic acids is 1. The average molecular weight is 257 g/mol. The van der Waals surface area contributed by atoms with Crippen molar-refractivity contribution in [2.75, 3.05) is 26.3 Å². The molecule has 1 amide bonds. The number of nitrogens with zero attached hydrogens (tertiary/aromatic N) is 1. The molecule has 106 valence electrons. The monoisotopic (exact) mass is 257 g/mol. The highest BCUT2D eigenvalue weighted by molar-refractivity contribution is 5.79. The average Bonchev–Trinajstić information content (AvgIpc) is 2.34. The Morgan fingerprint density at radius 2 is 2.28 bits per heavy atom. The van der Waals surface area contributed by atoms with Gasteiger partial charge in [0.2, 0.25) is 5.91 Å². The van der Waals surface area contributed by atoms with E-state index in [4.69, 9.17) is 10.5 Å². The Morgan fingerprint density at radius 3 is 2.83 bits per heavy atom. The number of amides is 1. The normalized spacial score (nSPS) is 23.2. The lowest BCUT2D eigenvalue weighted by atomic mass is 10.1. The number of primary amides is 1. The van der Waals surface area contributed by atoms with Crippen molar-refractivity contribution in [1.29, 1.82) is 0 Å². The molecular weight excluding hydrogens is 230 g/mol. The maximum Gasteiger partial charge on any atom is 0.234 e. The first-order valence-corrected chi connectivity index (χ1v) is 6.91. The first-order valence-electron chi connectivity index (χ1n) is 6.91. The molecular formula is C13H27N3O2. The van der Waals surface area contributed by atoms with E-state index in [1.165, 1.54) is 0 Å². The summed E-state index contributed by atoms with van der Waals surface area (Å²) in [6.45, 7) is 9.66. The largest absolute Gasteiger partial charge is 0.378 e. The molecule has 1 fully saturated rings. The summed E-state index contributed by atoms with van der Waals surface area (Å²) in [5.41, 5.74) is 5.42. The third kappa shape index (κ3) is 4.92. The molecule has 1 heterocycles. The van der Waals surface area contributed by atoms with Crippen molar-refractivity contribution in [3.8, 4) is 0 Å². The van der Waals surface area contributed by atoms with Crippen molar-refractivity contribution in [2.45, 2.75) is 51.7 Å². The molecule has 5 nitrogen and oxygen atoms in total. The number of carbonyl (C=O) groups is 1. The molecule has 1 aliphatic heterocycles. The molecule has 1 saturated heterocycles. The molecule has 0 aliphatic carbocycles. The van der Waals surface area contributed by atoms with Crippen LogP contribution in [0.3, 0.4) is 0 Å². The maximum atomic E-state index is 11.4. The standard InChI is InChI=1S/C13H27N3O2/c1-4-11-9-18-8-7-16(11)6-5-12(13(14)17)15-10(2)3/h10-12,15H,4-9H2,1-3H3,(H2,14,17). The van der Waals surface area contributed by atoms with E-state index < -0.39 is 0 Å². The van der Waals surface area contributed by atoms with E-state index in [2.05, 4.69) is 17.1 Å². The number of nitrogens with two attached hydrogens (primary N) is 1. The van der Waals surface area contributed by atoms with Gasteiger partial charge in [-0.1, -0.05) is 20.8 Å². The van der Waals surface area contributed by atoms with Gasteiger partial charge < -0.3 is 15.8 Å². The molecule has 2 unspecified atom stereocenters. The molecule has 18 heavy (non-hydrogen) atoms. The van der Waals surface area contributed by atoms with E-state index in [-0.39, 0.29) is 18.0 Å². The number of morpholine rings is 1. The van der Waals surface area contributed by atoms with Gasteiger partial charge in [-0.2, -0.15) is 0 Å². The van der Waals surface area contributed by atoms with Crippen molar-refractivity contribution in [3.05, 3.63) is 0 Å². The van der Waals surface area contributed by atoms with Gasteiger partial charge in [0.15, 0.2) is 0 Å². The highest BCUT2D eigenvalue weighted by atomic mass is 16.5. The van der Waals surface area contributed by atoms with E-state index in [1.807, 2.05) is 13.8 Å². The second kappa shape index (κ2) is 7.71. The van der Waals surface area contributed by atoms with E-state index in [9.17, 15) is 4.79 Å². The Labute approximate surface area is 110 Å². The Hall–Kier alpha value is -0.650. The fourth-order valence-corrected chi connectivity index (χ4v) is 2.36. The number of ether oxygens (including phenoxy) is 1. The van der Waals surface area contributed by atoms with Crippen LogP contribution in [-0.2, 0) is 9.53 Å². The number of nitrogens with one attached hydrogen (secondary N) is 1. The predicted molar refractivity (Wildman–Crippen MR) is 72.3 cm³/mol. The topological polar surface area (TPSA) is 67.6 Å². The summed E-state index contributed by atoms with van der Waals surface area (Å²) in [6.07, 6.45) is 1.85. The van der Waals surface area contributed by atoms with Gasteiger partial charge in [-0.3, -0.25) is 9.69 Å². The molecule has 1 aliphatic rings. The van der Waals surface area contributed by atoms with Gasteiger partial charge in [-0.15, -0.1) is 0 Å². The number of hydrogen-bond acceptors (Lipinski definition) is 4. The van der Waals surface area contributed by atoms with Gasteiger partial charge in [0.05, 0.1) is 19.3 Å². The third-order valence-corrected chi connectivity index (χ3v) is 3.40. The lowest BCUT2D eigenvalue weighted by Crippen LogP contribution is -2.50. The molecule has 0 aromatic carbocycles. The summed E-state index contributed by atoms with van der Waals surface area (Å²) in [6, 6.07) is 0.519. The Kier molecular flexibility index (Phi) is 6.60. The lowest BCUT2D eigenvalue weighted by molar-refractivity contribution is -0.120. The van der Waals surface area contributed by atoms with Crippen LogP contribution in [0, 0.1) is 0 Å². The van der Waals surface area contributed by atoms with E-state index in [0.717, 1.165) is 39.1 Å². The maximum absolute atomic E-state index is 11.4. The predicted octanol–water partition coefficient (Wildman–Crippen LogP) is 0.339. The van der Waals surface area contributed by atoms with Crippen molar-refractivity contribution >= 4 is 5.91 Å². The number of rotatable bonds is 7. The van der Waals surface area contributed by atoms with Gasteiger partial charge in [-0.05, 0) is 12.8 Å². The van der Waals surface area contributed by atoms with Crippen LogP contribution in [0.1, 0.15) is 33.6 Å². The highest BCUT2D eigenvalue weighted by Gasteiger charge is 2.23. The summed E-state index contributed by atoms with van der Waals surface area (Å²) < 4.78 is 5.47. The third-order valence-electron chi connectivity index (χ3n) is 3.40. The molecule has 2 atom stereocenters. The van der Waals surface area contributed by atoms with Gasteiger partial charge in [0.25, 0.3) is 0 Å². The van der Waals surface area contributed by atoms with Crippen LogP contribution in [0.15, 0.2) is 0 Å². The van der Waals surface area contributed by atoms with Crippen LogP contribution in [0.25, 0.3) is 0 Å². The van der Waals surface area contributed by atoms with Crippen LogP contribution in [0.2, 0.25) is 0 Å². The molecule has 0 radical (unpaired) electrons. The molecule has 0 aromatic heterocycles. The second-order valence-electron chi connectivity index (χ2n) is 5.24. The fourth-order valence-electron chi connectivity index (χ4n) is 2.36. The summed E-state index contributed by atoms with van der Waals surface area (Å²) in [5.74, 6) is -0.259. The van der Waals surface area contributed by atoms with Gasteiger partial charge >= 0.3 is 0 Å². The fraction of sp³-hybridized carbons (Fsp3) is 0.923. The van der Waals surface area contributed by atoms with Crippen LogP contribution >= 0.6 is 0 Å². The van der Waals surface area contributed by atoms with Gasteiger partial charge in [-0.25, -0.2) is 0 Å². The summed E-state index contributed by atoms with van der Waals surface area (Å²) in [5, 5.41) is 3.22. The van der Waals surface area contributed by atoms with Crippen LogP contribution in [0.4, 0.5) is 0 Å². The zero-order chi connectivity index (χ0) is 13.5. The molecule has 0 bridgehead atoms. The van der Waals surface area contributed by atoms with E-state index >= 15 is 0 Å². The minimum atomic E-state index is -0.259.